The fourth-order valence-corrected chi connectivity index (χ4v) is 1.73. The maximum absolute atomic E-state index is 4.44. The maximum atomic E-state index is 4.44. The van der Waals surface area contributed by atoms with Crippen molar-refractivity contribution in [1.82, 2.24) is 4.98 Å². The highest BCUT2D eigenvalue weighted by molar-refractivity contribution is 5.84. The van der Waals surface area contributed by atoms with Gasteiger partial charge in [-0.15, -0.1) is 0 Å². The monoisotopic (exact) mass is 185 g/mol. The molecule has 1 heteroatoms. The molecule has 0 saturated carbocycles. The SMILES string of the molecule is CCCCc1nccc2ccccc12. The molecule has 0 aliphatic carbocycles. The summed E-state index contributed by atoms with van der Waals surface area (Å²) in [6.07, 6.45) is 5.46. The molecule has 0 amide bonds. The second-order valence-corrected chi connectivity index (χ2v) is 3.58. The molecule has 14 heavy (non-hydrogen) atoms. The van der Waals surface area contributed by atoms with Crippen molar-refractivity contribution in [3.63, 3.8) is 0 Å². The first-order valence-electron chi connectivity index (χ1n) is 5.24. The Balaban J connectivity index is 2.43. The van der Waals surface area contributed by atoms with Crippen molar-refractivity contribution in [3.05, 3.63) is 42.2 Å². The van der Waals surface area contributed by atoms with Crippen molar-refractivity contribution in [2.24, 2.45) is 0 Å². The topological polar surface area (TPSA) is 12.9 Å². The summed E-state index contributed by atoms with van der Waals surface area (Å²) in [5.74, 6) is 0. The lowest BCUT2D eigenvalue weighted by molar-refractivity contribution is 0.782. The number of rotatable bonds is 3. The largest absolute Gasteiger partial charge is 0.261 e. The minimum Gasteiger partial charge on any atom is -0.261 e. The minimum atomic E-state index is 1.10. The van der Waals surface area contributed by atoms with Gasteiger partial charge < -0.3 is 0 Å². The van der Waals surface area contributed by atoms with E-state index in [-0.39, 0.29) is 0 Å². The van der Waals surface area contributed by atoms with Crippen LogP contribution in [-0.2, 0) is 6.42 Å². The molecule has 1 aromatic heterocycles. The zero-order chi connectivity index (χ0) is 9.80. The second kappa shape index (κ2) is 4.23. The lowest BCUT2D eigenvalue weighted by Crippen LogP contribution is -1.90. The van der Waals surface area contributed by atoms with E-state index in [4.69, 9.17) is 0 Å². The van der Waals surface area contributed by atoms with Gasteiger partial charge in [0, 0.05) is 17.3 Å². The number of hydrogen-bond donors (Lipinski definition) is 0. The van der Waals surface area contributed by atoms with Gasteiger partial charge in [-0.1, -0.05) is 37.6 Å². The molecule has 0 radical (unpaired) electrons. The van der Waals surface area contributed by atoms with Gasteiger partial charge >= 0.3 is 0 Å². The molecule has 0 fully saturated rings. The molecular weight excluding hydrogens is 170 g/mol. The number of unbranched alkanes of at least 4 members (excludes halogenated alkanes) is 1. The van der Waals surface area contributed by atoms with E-state index in [1.54, 1.807) is 0 Å². The average molecular weight is 185 g/mol. The molecular formula is C13H15N. The molecule has 2 rings (SSSR count). The Morgan fingerprint density at radius 1 is 1.14 bits per heavy atom. The predicted octanol–water partition coefficient (Wildman–Crippen LogP) is 3.58. The maximum Gasteiger partial charge on any atom is 0.0481 e. The van der Waals surface area contributed by atoms with Gasteiger partial charge in [0.1, 0.15) is 0 Å². The third kappa shape index (κ3) is 1.77. The lowest BCUT2D eigenvalue weighted by atomic mass is 10.1. The summed E-state index contributed by atoms with van der Waals surface area (Å²) in [6.45, 7) is 2.21. The van der Waals surface area contributed by atoms with E-state index in [0.717, 1.165) is 6.42 Å². The van der Waals surface area contributed by atoms with Gasteiger partial charge in [-0.25, -0.2) is 0 Å². The van der Waals surface area contributed by atoms with E-state index >= 15 is 0 Å². The molecule has 0 saturated heterocycles. The van der Waals surface area contributed by atoms with Crippen LogP contribution in [0.25, 0.3) is 10.8 Å². The van der Waals surface area contributed by atoms with Crippen LogP contribution < -0.4 is 0 Å². The Morgan fingerprint density at radius 2 is 2.00 bits per heavy atom. The van der Waals surface area contributed by atoms with Gasteiger partial charge in [0.15, 0.2) is 0 Å². The molecule has 1 nitrogen and oxygen atoms in total. The van der Waals surface area contributed by atoms with Crippen LogP contribution in [0, 0.1) is 0 Å². The molecule has 1 heterocycles. The fraction of sp³-hybridized carbons (Fsp3) is 0.308. The predicted molar refractivity (Wildman–Crippen MR) is 60.4 cm³/mol. The third-order valence-electron chi connectivity index (χ3n) is 2.52. The normalized spacial score (nSPS) is 10.6. The third-order valence-corrected chi connectivity index (χ3v) is 2.52. The lowest BCUT2D eigenvalue weighted by Gasteiger charge is -2.03. The van der Waals surface area contributed by atoms with Gasteiger partial charge in [0.2, 0.25) is 0 Å². The molecule has 2 aromatic rings. The van der Waals surface area contributed by atoms with Crippen molar-refractivity contribution in [3.8, 4) is 0 Å². The number of aromatic nitrogens is 1. The fourth-order valence-electron chi connectivity index (χ4n) is 1.73. The molecule has 0 atom stereocenters. The van der Waals surface area contributed by atoms with E-state index in [2.05, 4.69) is 42.2 Å². The number of aryl methyl sites for hydroxylation is 1. The van der Waals surface area contributed by atoms with E-state index < -0.39 is 0 Å². The smallest absolute Gasteiger partial charge is 0.0481 e. The summed E-state index contributed by atoms with van der Waals surface area (Å²) in [5.41, 5.74) is 1.24. The number of nitrogens with zero attached hydrogens (tertiary/aromatic N) is 1. The number of fused-ring (bicyclic) bond motifs is 1. The van der Waals surface area contributed by atoms with Crippen LogP contribution in [0.1, 0.15) is 25.5 Å². The van der Waals surface area contributed by atoms with Crippen molar-refractivity contribution >= 4 is 10.8 Å². The summed E-state index contributed by atoms with van der Waals surface area (Å²) >= 11 is 0. The summed E-state index contributed by atoms with van der Waals surface area (Å²) in [7, 11) is 0. The van der Waals surface area contributed by atoms with Crippen LogP contribution >= 0.6 is 0 Å². The van der Waals surface area contributed by atoms with Crippen molar-refractivity contribution in [1.29, 1.82) is 0 Å². The Kier molecular flexibility index (Phi) is 2.78. The quantitative estimate of drug-likeness (QED) is 0.712. The van der Waals surface area contributed by atoms with E-state index in [1.165, 1.54) is 29.3 Å². The van der Waals surface area contributed by atoms with Crippen LogP contribution in [0.5, 0.6) is 0 Å². The van der Waals surface area contributed by atoms with Gasteiger partial charge in [0.05, 0.1) is 0 Å². The van der Waals surface area contributed by atoms with Crippen LogP contribution in [-0.4, -0.2) is 4.98 Å². The van der Waals surface area contributed by atoms with E-state index in [9.17, 15) is 0 Å². The highest BCUT2D eigenvalue weighted by Gasteiger charge is 1.99. The van der Waals surface area contributed by atoms with Crippen LogP contribution in [0.4, 0.5) is 0 Å². The number of pyridine rings is 1. The van der Waals surface area contributed by atoms with Crippen molar-refractivity contribution in [2.45, 2.75) is 26.2 Å². The molecule has 0 unspecified atom stereocenters. The Morgan fingerprint density at radius 3 is 2.86 bits per heavy atom. The van der Waals surface area contributed by atoms with E-state index in [1.807, 2.05) is 6.20 Å². The number of hydrogen-bond acceptors (Lipinski definition) is 1. The molecule has 0 aliphatic heterocycles. The highest BCUT2D eigenvalue weighted by Crippen LogP contribution is 2.17. The molecule has 0 bridgehead atoms. The average Bonchev–Trinajstić information content (AvgIpc) is 2.26. The first-order chi connectivity index (χ1) is 6.92. The van der Waals surface area contributed by atoms with E-state index in [0.29, 0.717) is 0 Å². The standard InChI is InChI=1S/C13H15N/c1-2-3-8-13-12-7-5-4-6-11(12)9-10-14-13/h4-7,9-10H,2-3,8H2,1H3. The first kappa shape index (κ1) is 9.20. The molecule has 72 valence electrons. The molecule has 0 aliphatic rings. The van der Waals surface area contributed by atoms with Crippen LogP contribution in [0.15, 0.2) is 36.5 Å². The molecule has 1 aromatic carbocycles. The zero-order valence-corrected chi connectivity index (χ0v) is 8.53. The zero-order valence-electron chi connectivity index (χ0n) is 8.53. The minimum absolute atomic E-state index is 1.10. The number of benzene rings is 1. The van der Waals surface area contributed by atoms with Gasteiger partial charge in [-0.05, 0) is 24.3 Å². The van der Waals surface area contributed by atoms with Crippen LogP contribution in [0.3, 0.4) is 0 Å². The second-order valence-electron chi connectivity index (χ2n) is 3.58. The van der Waals surface area contributed by atoms with Gasteiger partial charge in [0.25, 0.3) is 0 Å². The summed E-state index contributed by atoms with van der Waals surface area (Å²) in [6, 6.07) is 10.5. The molecule has 0 N–H and O–H groups in total. The van der Waals surface area contributed by atoms with Gasteiger partial charge in [-0.3, -0.25) is 4.98 Å². The summed E-state index contributed by atoms with van der Waals surface area (Å²) in [5, 5.41) is 2.61. The molecule has 0 spiro atoms. The Labute approximate surface area is 84.8 Å². The highest BCUT2D eigenvalue weighted by atomic mass is 14.7. The van der Waals surface area contributed by atoms with Crippen LogP contribution in [0.2, 0.25) is 0 Å². The van der Waals surface area contributed by atoms with Crippen molar-refractivity contribution in [2.75, 3.05) is 0 Å². The van der Waals surface area contributed by atoms with Gasteiger partial charge in [-0.2, -0.15) is 0 Å². The Hall–Kier alpha value is -1.37. The summed E-state index contributed by atoms with van der Waals surface area (Å²) < 4.78 is 0. The Bertz CT molecular complexity index is 415. The summed E-state index contributed by atoms with van der Waals surface area (Å²) in [4.78, 5) is 4.44. The first-order valence-corrected chi connectivity index (χ1v) is 5.24. The van der Waals surface area contributed by atoms with Crippen molar-refractivity contribution < 1.29 is 0 Å².